The van der Waals surface area contributed by atoms with Gasteiger partial charge in [-0.15, -0.1) is 0 Å². The Morgan fingerprint density at radius 2 is 2.14 bits per heavy atom. The molecule has 0 radical (unpaired) electrons. The predicted octanol–water partition coefficient (Wildman–Crippen LogP) is 0.484. The van der Waals surface area contributed by atoms with Crippen LogP contribution in [0.15, 0.2) is 11.1 Å². The fourth-order valence-corrected chi connectivity index (χ4v) is 3.83. The molecule has 2 N–H and O–H groups in total. The number of nitrogens with zero attached hydrogens (tertiary/aromatic N) is 4. The second-order valence-electron chi connectivity index (χ2n) is 5.79. The zero-order valence-electron chi connectivity index (χ0n) is 14.9. The first kappa shape index (κ1) is 19.8. The number of carbonyl (C=O) groups is 2. The fraction of sp³-hybridized carbons (Fsp3) is 0.357. The number of carbonyl (C=O) groups excluding carboxylic acids is 2. The van der Waals surface area contributed by atoms with Crippen molar-refractivity contribution >= 4 is 39.6 Å². The van der Waals surface area contributed by atoms with Gasteiger partial charge in [0.25, 0.3) is 10.0 Å². The van der Waals surface area contributed by atoms with Gasteiger partial charge in [-0.2, -0.15) is 18.5 Å². The largest absolute Gasteiger partial charge is 0.481 e. The first-order valence-corrected chi connectivity index (χ1v) is 9.66. The van der Waals surface area contributed by atoms with E-state index in [4.69, 9.17) is 21.1 Å². The number of sulfonamides is 1. The number of anilines is 1. The average Bonchev–Trinajstić information content (AvgIpc) is 2.91. The molecule has 12 nitrogen and oxygen atoms in total. The molecule has 2 aromatic heterocycles. The number of ether oxygens (including phenoxy) is 2. The Kier molecular flexibility index (Phi) is 5.12. The maximum atomic E-state index is 12.6. The highest BCUT2D eigenvalue weighted by atomic mass is 35.5. The van der Waals surface area contributed by atoms with Gasteiger partial charge in [0.05, 0.1) is 12.8 Å². The van der Waals surface area contributed by atoms with E-state index in [1.54, 1.807) is 11.6 Å². The van der Waals surface area contributed by atoms with Gasteiger partial charge in [-0.05, 0) is 6.92 Å². The molecule has 1 aliphatic heterocycles. The van der Waals surface area contributed by atoms with E-state index in [0.717, 1.165) is 0 Å². The van der Waals surface area contributed by atoms with Crippen molar-refractivity contribution in [2.45, 2.75) is 24.5 Å². The first-order chi connectivity index (χ1) is 13.1. The summed E-state index contributed by atoms with van der Waals surface area (Å²) in [5, 5.41) is 5.35. The summed E-state index contributed by atoms with van der Waals surface area (Å²) >= 11 is 5.77. The van der Waals surface area contributed by atoms with Crippen molar-refractivity contribution in [2.75, 3.05) is 12.4 Å². The van der Waals surface area contributed by atoms with Crippen molar-refractivity contribution in [2.24, 2.45) is 7.05 Å². The topological polar surface area (TPSA) is 154 Å². The Morgan fingerprint density at radius 1 is 1.43 bits per heavy atom. The Labute approximate surface area is 164 Å². The molecule has 3 heterocycles. The molecule has 0 aromatic carbocycles. The number of cyclic esters (lactones) is 1. The summed E-state index contributed by atoms with van der Waals surface area (Å²) in [4.78, 5) is 31.8. The number of aromatic nitrogens is 4. The monoisotopic (exact) mass is 430 g/mol. The Bertz CT molecular complexity index is 1070. The van der Waals surface area contributed by atoms with Crippen LogP contribution < -0.4 is 14.8 Å². The van der Waals surface area contributed by atoms with Gasteiger partial charge in [-0.3, -0.25) is 10.00 Å². The minimum absolute atomic E-state index is 0.0272. The number of amides is 2. The number of rotatable bonds is 4. The molecular formula is C14H15ClN6O6S. The summed E-state index contributed by atoms with van der Waals surface area (Å²) in [7, 11) is -1.67. The van der Waals surface area contributed by atoms with Crippen LogP contribution in [0.25, 0.3) is 0 Å². The van der Waals surface area contributed by atoms with Crippen molar-refractivity contribution in [3.8, 4) is 5.88 Å². The number of nitrogens with one attached hydrogen (secondary N) is 2. The lowest BCUT2D eigenvalue weighted by atomic mass is 10.1. The molecule has 0 saturated carbocycles. The lowest BCUT2D eigenvalue weighted by Crippen LogP contribution is -2.36. The summed E-state index contributed by atoms with van der Waals surface area (Å²) in [6.45, 7) is 1.67. The van der Waals surface area contributed by atoms with E-state index < -0.39 is 33.2 Å². The Hall–Kier alpha value is -2.93. The molecule has 1 aliphatic rings. The molecular weight excluding hydrogens is 416 g/mol. The molecule has 28 heavy (non-hydrogen) atoms. The summed E-state index contributed by atoms with van der Waals surface area (Å²) < 4.78 is 38.1. The van der Waals surface area contributed by atoms with Crippen LogP contribution in [-0.2, 0) is 28.2 Å². The van der Waals surface area contributed by atoms with Gasteiger partial charge in [0, 0.05) is 19.5 Å². The molecule has 0 fully saturated rings. The molecule has 0 saturated heterocycles. The number of methoxy groups -OCH3 is 1. The highest BCUT2D eigenvalue weighted by molar-refractivity contribution is 7.90. The van der Waals surface area contributed by atoms with Crippen molar-refractivity contribution in [3.63, 3.8) is 0 Å². The molecule has 1 unspecified atom stereocenters. The van der Waals surface area contributed by atoms with Crippen LogP contribution in [0.2, 0.25) is 5.15 Å². The van der Waals surface area contributed by atoms with E-state index in [0.29, 0.717) is 12.1 Å². The van der Waals surface area contributed by atoms with Crippen LogP contribution in [0, 0.1) is 0 Å². The van der Waals surface area contributed by atoms with Crippen molar-refractivity contribution in [1.82, 2.24) is 24.5 Å². The molecule has 150 valence electrons. The quantitative estimate of drug-likeness (QED) is 0.520. The van der Waals surface area contributed by atoms with Gasteiger partial charge in [0.2, 0.25) is 16.9 Å². The highest BCUT2D eigenvalue weighted by Gasteiger charge is 2.37. The first-order valence-electron chi connectivity index (χ1n) is 7.80. The normalized spacial score (nSPS) is 16.1. The van der Waals surface area contributed by atoms with E-state index in [1.807, 2.05) is 0 Å². The number of hydrogen-bond donors (Lipinski definition) is 2. The van der Waals surface area contributed by atoms with Crippen LogP contribution in [0.5, 0.6) is 5.88 Å². The fourth-order valence-electron chi connectivity index (χ4n) is 2.57. The van der Waals surface area contributed by atoms with Gasteiger partial charge in [-0.25, -0.2) is 19.3 Å². The minimum atomic E-state index is -4.49. The third-order valence-electron chi connectivity index (χ3n) is 3.71. The van der Waals surface area contributed by atoms with Crippen molar-refractivity contribution in [3.05, 3.63) is 22.5 Å². The maximum absolute atomic E-state index is 12.6. The number of aryl methyl sites for hydroxylation is 1. The lowest BCUT2D eigenvalue weighted by molar-refractivity contribution is 0.0291. The van der Waals surface area contributed by atoms with Gasteiger partial charge in [-0.1, -0.05) is 11.6 Å². The van der Waals surface area contributed by atoms with Gasteiger partial charge >= 0.3 is 12.0 Å². The number of esters is 1. The number of hydrogen-bond acceptors (Lipinski definition) is 9. The molecule has 3 rings (SSSR count). The van der Waals surface area contributed by atoms with Crippen molar-refractivity contribution in [1.29, 1.82) is 0 Å². The van der Waals surface area contributed by atoms with E-state index in [2.05, 4.69) is 20.4 Å². The van der Waals surface area contributed by atoms with Gasteiger partial charge < -0.3 is 9.47 Å². The number of halogens is 1. The zero-order valence-corrected chi connectivity index (χ0v) is 16.5. The highest BCUT2D eigenvalue weighted by Crippen LogP contribution is 2.26. The molecule has 2 amide bonds. The summed E-state index contributed by atoms with van der Waals surface area (Å²) in [6, 6.07) is 0.120. The summed E-state index contributed by atoms with van der Waals surface area (Å²) in [5.74, 6) is -1.05. The van der Waals surface area contributed by atoms with E-state index in [1.165, 1.54) is 24.9 Å². The average molecular weight is 431 g/mol. The van der Waals surface area contributed by atoms with Crippen molar-refractivity contribution < 1.29 is 27.5 Å². The molecule has 1 atom stereocenters. The Balaban J connectivity index is 1.85. The molecule has 0 bridgehead atoms. The van der Waals surface area contributed by atoms with Crippen LogP contribution in [0.3, 0.4) is 0 Å². The summed E-state index contributed by atoms with van der Waals surface area (Å²) in [6.07, 6.45) is -0.125. The Morgan fingerprint density at radius 3 is 2.82 bits per heavy atom. The van der Waals surface area contributed by atoms with Gasteiger partial charge in [0.1, 0.15) is 16.8 Å². The molecule has 0 spiro atoms. The van der Waals surface area contributed by atoms with E-state index in [9.17, 15) is 18.0 Å². The standard InChI is InChI=1S/C14H15ClN6O6S/c1-6-4-7-10(12(22)27-6)11(19-21(7)2)28(24,25)20-14(23)18-13-16-8(15)5-9(17-13)26-3/h5-6H,4H2,1-3H3,(H2,16,17,18,20,23). The van der Waals surface area contributed by atoms with E-state index in [-0.39, 0.29) is 22.5 Å². The second kappa shape index (κ2) is 7.24. The zero-order chi connectivity index (χ0) is 20.6. The molecule has 14 heteroatoms. The van der Waals surface area contributed by atoms with Crippen LogP contribution in [0.1, 0.15) is 23.0 Å². The second-order valence-corrected chi connectivity index (χ2v) is 7.77. The van der Waals surface area contributed by atoms with Crippen LogP contribution in [0.4, 0.5) is 10.7 Å². The maximum Gasteiger partial charge on any atom is 0.343 e. The molecule has 2 aromatic rings. The van der Waals surface area contributed by atoms with Crippen LogP contribution >= 0.6 is 11.6 Å². The third-order valence-corrected chi connectivity index (χ3v) is 5.16. The third kappa shape index (κ3) is 3.84. The van der Waals surface area contributed by atoms with E-state index >= 15 is 0 Å². The number of urea groups is 1. The van der Waals surface area contributed by atoms with Crippen LogP contribution in [-0.4, -0.2) is 53.4 Å². The lowest BCUT2D eigenvalue weighted by Gasteiger charge is -2.19. The predicted molar refractivity (Wildman–Crippen MR) is 94.7 cm³/mol. The van der Waals surface area contributed by atoms with Gasteiger partial charge in [0.15, 0.2) is 0 Å². The number of fused-ring (bicyclic) bond motifs is 1. The smallest absolute Gasteiger partial charge is 0.343 e. The summed E-state index contributed by atoms with van der Waals surface area (Å²) in [5.41, 5.74) is 0.189. The SMILES string of the molecule is COc1cc(Cl)nc(NC(=O)NS(=O)(=O)c2nn(C)c3c2C(=O)OC(C)C3)n1. The minimum Gasteiger partial charge on any atom is -0.481 e. The molecule has 0 aliphatic carbocycles.